The molecule has 1 N–H and O–H groups in total. The van der Waals surface area contributed by atoms with Crippen LogP contribution in [0, 0.1) is 6.20 Å². The van der Waals surface area contributed by atoms with Gasteiger partial charge in [0, 0.05) is 6.04 Å². The molecule has 1 aliphatic rings. The summed E-state index contributed by atoms with van der Waals surface area (Å²) in [5.74, 6) is 0. The van der Waals surface area contributed by atoms with Gasteiger partial charge in [0.05, 0.1) is 11.9 Å². The first-order valence-electron chi connectivity index (χ1n) is 6.56. The lowest BCUT2D eigenvalue weighted by Gasteiger charge is -2.14. The van der Waals surface area contributed by atoms with Gasteiger partial charge in [-0.25, -0.2) is 4.98 Å². The molecule has 1 unspecified atom stereocenters. The zero-order chi connectivity index (χ0) is 14.2. The molecule has 1 aromatic heterocycles. The Morgan fingerprint density at radius 2 is 2.45 bits per heavy atom. The predicted molar refractivity (Wildman–Crippen MR) is 83.2 cm³/mol. The zero-order valence-electron chi connectivity index (χ0n) is 11.3. The van der Waals surface area contributed by atoms with E-state index in [1.807, 2.05) is 37.3 Å². The zero-order valence-corrected chi connectivity index (χ0v) is 12.9. The van der Waals surface area contributed by atoms with Crippen molar-refractivity contribution in [2.45, 2.75) is 25.8 Å². The second kappa shape index (κ2) is 7.85. The van der Waals surface area contributed by atoms with Gasteiger partial charge in [-0.1, -0.05) is 23.4 Å². The molecular formula is C15H17BrN3O. The summed E-state index contributed by atoms with van der Waals surface area (Å²) < 4.78 is 0.795. The summed E-state index contributed by atoms with van der Waals surface area (Å²) in [6, 6.07) is 6.07. The molecule has 0 bridgehead atoms. The number of oxime groups is 1. The van der Waals surface area contributed by atoms with Crippen molar-refractivity contribution >= 4 is 21.6 Å². The molecule has 1 radical (unpaired) electrons. The highest BCUT2D eigenvalue weighted by Crippen LogP contribution is 2.08. The smallest absolute Gasteiger partial charge is 0.117 e. The molecule has 1 aliphatic heterocycles. The fourth-order valence-electron chi connectivity index (χ4n) is 1.78. The van der Waals surface area contributed by atoms with Gasteiger partial charge >= 0.3 is 0 Å². The first-order valence-corrected chi connectivity index (χ1v) is 7.35. The fourth-order valence-corrected chi connectivity index (χ4v) is 2.12. The van der Waals surface area contributed by atoms with Crippen LogP contribution in [0.3, 0.4) is 0 Å². The SMILES string of the molecule is C/C(=N\OCCCC1C=CC=[C]N1)c1cccc(Br)n1. The van der Waals surface area contributed by atoms with Crippen LogP contribution in [0.4, 0.5) is 0 Å². The van der Waals surface area contributed by atoms with Crippen LogP contribution >= 0.6 is 15.9 Å². The van der Waals surface area contributed by atoms with E-state index in [1.54, 1.807) is 0 Å². The van der Waals surface area contributed by atoms with E-state index in [1.165, 1.54) is 0 Å². The maximum Gasteiger partial charge on any atom is 0.117 e. The summed E-state index contributed by atoms with van der Waals surface area (Å²) in [6.07, 6.45) is 10.9. The maximum atomic E-state index is 5.33. The van der Waals surface area contributed by atoms with E-state index in [9.17, 15) is 0 Å². The van der Waals surface area contributed by atoms with Crippen molar-refractivity contribution < 1.29 is 4.84 Å². The van der Waals surface area contributed by atoms with Crippen LogP contribution < -0.4 is 5.32 Å². The first-order chi connectivity index (χ1) is 9.75. The molecular weight excluding hydrogens is 318 g/mol. The third-order valence-corrected chi connectivity index (χ3v) is 3.27. The van der Waals surface area contributed by atoms with Gasteiger partial charge in [-0.3, -0.25) is 0 Å². The molecule has 0 aliphatic carbocycles. The maximum absolute atomic E-state index is 5.33. The summed E-state index contributed by atoms with van der Waals surface area (Å²) in [4.78, 5) is 9.65. The molecule has 1 atom stereocenters. The van der Waals surface area contributed by atoms with E-state index in [0.29, 0.717) is 12.6 Å². The summed E-state index contributed by atoms with van der Waals surface area (Å²) >= 11 is 3.34. The molecule has 2 rings (SSSR count). The van der Waals surface area contributed by atoms with Crippen molar-refractivity contribution in [2.24, 2.45) is 5.16 Å². The minimum atomic E-state index is 0.348. The number of aromatic nitrogens is 1. The average molecular weight is 335 g/mol. The van der Waals surface area contributed by atoms with Gasteiger partial charge in [-0.15, -0.1) is 0 Å². The van der Waals surface area contributed by atoms with Crippen LogP contribution in [0.15, 0.2) is 46.2 Å². The Bertz CT molecular complexity index is 526. The second-order valence-corrected chi connectivity index (χ2v) is 5.26. The minimum absolute atomic E-state index is 0.348. The molecule has 0 saturated heterocycles. The van der Waals surface area contributed by atoms with Gasteiger partial charge in [-0.2, -0.15) is 0 Å². The molecule has 0 saturated carbocycles. The topological polar surface area (TPSA) is 46.5 Å². The third kappa shape index (κ3) is 4.81. The number of nitrogens with one attached hydrogen (secondary N) is 1. The Morgan fingerprint density at radius 3 is 3.20 bits per heavy atom. The molecule has 20 heavy (non-hydrogen) atoms. The van der Waals surface area contributed by atoms with E-state index in [-0.39, 0.29) is 0 Å². The van der Waals surface area contributed by atoms with Crippen molar-refractivity contribution in [3.05, 3.63) is 52.9 Å². The van der Waals surface area contributed by atoms with E-state index in [2.05, 4.69) is 43.7 Å². The molecule has 105 valence electrons. The lowest BCUT2D eigenvalue weighted by Crippen LogP contribution is -2.24. The molecule has 5 heteroatoms. The average Bonchev–Trinajstić information content (AvgIpc) is 2.48. The van der Waals surface area contributed by atoms with Crippen LogP contribution in [-0.4, -0.2) is 23.3 Å². The molecule has 0 aromatic carbocycles. The quantitative estimate of drug-likeness (QED) is 0.376. The predicted octanol–water partition coefficient (Wildman–Crippen LogP) is 3.21. The molecule has 2 heterocycles. The molecule has 0 fully saturated rings. The van der Waals surface area contributed by atoms with Crippen LogP contribution in [-0.2, 0) is 4.84 Å². The van der Waals surface area contributed by atoms with Crippen molar-refractivity contribution in [1.82, 2.24) is 10.3 Å². The molecule has 0 spiro atoms. The van der Waals surface area contributed by atoms with Crippen LogP contribution in [0.5, 0.6) is 0 Å². The number of allylic oxidation sites excluding steroid dienone is 2. The van der Waals surface area contributed by atoms with Crippen LogP contribution in [0.1, 0.15) is 25.5 Å². The van der Waals surface area contributed by atoms with Gasteiger partial charge in [-0.05, 0) is 53.9 Å². The Hall–Kier alpha value is -1.62. The van der Waals surface area contributed by atoms with Gasteiger partial charge in [0.2, 0.25) is 0 Å². The highest BCUT2D eigenvalue weighted by Gasteiger charge is 2.04. The van der Waals surface area contributed by atoms with E-state index in [0.717, 1.165) is 28.9 Å². The van der Waals surface area contributed by atoms with Gasteiger partial charge < -0.3 is 10.2 Å². The molecule has 4 nitrogen and oxygen atoms in total. The Kier molecular flexibility index (Phi) is 5.80. The summed E-state index contributed by atoms with van der Waals surface area (Å²) in [5, 5.41) is 7.24. The number of rotatable bonds is 6. The molecule has 0 amide bonds. The van der Waals surface area contributed by atoms with Gasteiger partial charge in [0.1, 0.15) is 16.9 Å². The number of nitrogens with zero attached hydrogens (tertiary/aromatic N) is 2. The van der Waals surface area contributed by atoms with Crippen molar-refractivity contribution in [3.8, 4) is 0 Å². The Labute approximate surface area is 127 Å². The van der Waals surface area contributed by atoms with E-state index < -0.39 is 0 Å². The van der Waals surface area contributed by atoms with Crippen LogP contribution in [0.2, 0.25) is 0 Å². The van der Waals surface area contributed by atoms with E-state index in [4.69, 9.17) is 4.84 Å². The summed E-state index contributed by atoms with van der Waals surface area (Å²) in [6.45, 7) is 2.49. The number of hydrogen-bond acceptors (Lipinski definition) is 4. The lowest BCUT2D eigenvalue weighted by atomic mass is 10.1. The highest BCUT2D eigenvalue weighted by molar-refractivity contribution is 9.10. The monoisotopic (exact) mass is 334 g/mol. The Morgan fingerprint density at radius 1 is 1.55 bits per heavy atom. The number of halogens is 1. The van der Waals surface area contributed by atoms with Gasteiger partial charge in [0.15, 0.2) is 0 Å². The van der Waals surface area contributed by atoms with Gasteiger partial charge in [0.25, 0.3) is 0 Å². The van der Waals surface area contributed by atoms with Crippen molar-refractivity contribution in [3.63, 3.8) is 0 Å². The summed E-state index contributed by atoms with van der Waals surface area (Å²) in [7, 11) is 0. The third-order valence-electron chi connectivity index (χ3n) is 2.83. The normalized spacial score (nSPS) is 17.9. The fraction of sp³-hybridized carbons (Fsp3) is 0.333. The highest BCUT2D eigenvalue weighted by atomic mass is 79.9. The largest absolute Gasteiger partial charge is 0.396 e. The standard InChI is InChI=1S/C15H17BrN3O/c1-12(14-8-4-9-15(16)18-14)19-20-11-5-7-13-6-2-3-10-17-13/h2-4,6,8-9,13,17H,5,7,11H2,1H3/b19-12+. The first kappa shape index (κ1) is 14.8. The summed E-state index contributed by atoms with van der Waals surface area (Å²) in [5.41, 5.74) is 1.59. The second-order valence-electron chi connectivity index (χ2n) is 4.44. The minimum Gasteiger partial charge on any atom is -0.396 e. The lowest BCUT2D eigenvalue weighted by molar-refractivity contribution is 0.139. The number of pyridine rings is 1. The van der Waals surface area contributed by atoms with E-state index >= 15 is 0 Å². The number of dihydropyridines is 1. The molecule has 1 aromatic rings. The van der Waals surface area contributed by atoms with Crippen molar-refractivity contribution in [2.75, 3.05) is 6.61 Å². The van der Waals surface area contributed by atoms with Crippen LogP contribution in [0.25, 0.3) is 0 Å². The Balaban J connectivity index is 1.70. The number of hydrogen-bond donors (Lipinski definition) is 1. The van der Waals surface area contributed by atoms with Crippen molar-refractivity contribution in [1.29, 1.82) is 0 Å².